The van der Waals surface area contributed by atoms with E-state index < -0.39 is 0 Å². The molecule has 3 atom stereocenters. The van der Waals surface area contributed by atoms with Crippen LogP contribution in [0.1, 0.15) is 53.9 Å². The van der Waals surface area contributed by atoms with E-state index in [1.54, 1.807) is 0 Å². The number of rotatable bonds is 4. The zero-order chi connectivity index (χ0) is 13.9. The highest BCUT2D eigenvalue weighted by Gasteiger charge is 2.32. The highest BCUT2D eigenvalue weighted by molar-refractivity contribution is 5.79. The summed E-state index contributed by atoms with van der Waals surface area (Å²) in [7, 11) is 0. The average Bonchev–Trinajstić information content (AvgIpc) is 2.23. The molecule has 0 aromatic carbocycles. The van der Waals surface area contributed by atoms with Crippen molar-refractivity contribution in [1.29, 1.82) is 0 Å². The quantitative estimate of drug-likeness (QED) is 0.838. The molecule has 1 aliphatic rings. The van der Waals surface area contributed by atoms with E-state index in [9.17, 15) is 4.79 Å². The van der Waals surface area contributed by atoms with Gasteiger partial charge in [0.25, 0.3) is 0 Å². The molecule has 0 bridgehead atoms. The van der Waals surface area contributed by atoms with Crippen LogP contribution in [0.25, 0.3) is 0 Å². The second-order valence-corrected chi connectivity index (χ2v) is 6.75. The lowest BCUT2D eigenvalue weighted by Gasteiger charge is -2.36. The third kappa shape index (κ3) is 4.27. The van der Waals surface area contributed by atoms with Crippen molar-refractivity contribution in [2.75, 3.05) is 6.54 Å². The van der Waals surface area contributed by atoms with Crippen LogP contribution in [0.5, 0.6) is 0 Å². The van der Waals surface area contributed by atoms with Gasteiger partial charge in [-0.1, -0.05) is 20.8 Å². The first kappa shape index (κ1) is 15.5. The van der Waals surface area contributed by atoms with Gasteiger partial charge in [-0.2, -0.15) is 0 Å². The molecule has 0 spiro atoms. The molecule has 3 unspecified atom stereocenters. The Balaban J connectivity index is 2.70. The fourth-order valence-corrected chi connectivity index (χ4v) is 3.04. The minimum atomic E-state index is 0.143. The molecule has 0 aromatic heterocycles. The van der Waals surface area contributed by atoms with Gasteiger partial charge >= 0.3 is 0 Å². The lowest BCUT2D eigenvalue weighted by atomic mass is 9.79. The Morgan fingerprint density at radius 2 is 1.83 bits per heavy atom. The first-order valence-corrected chi connectivity index (χ1v) is 7.37. The van der Waals surface area contributed by atoms with Crippen LogP contribution >= 0.6 is 0 Å². The number of carbonyl (C=O) groups is 1. The molecule has 1 rings (SSSR count). The summed E-state index contributed by atoms with van der Waals surface area (Å²) >= 11 is 0. The van der Waals surface area contributed by atoms with Gasteiger partial charge in [0.15, 0.2) is 0 Å². The maximum atomic E-state index is 12.6. The van der Waals surface area contributed by atoms with Crippen molar-refractivity contribution >= 4 is 5.91 Å². The lowest BCUT2D eigenvalue weighted by molar-refractivity contribution is -0.139. The summed E-state index contributed by atoms with van der Waals surface area (Å²) in [6, 6.07) is 0.490. The highest BCUT2D eigenvalue weighted by atomic mass is 16.2. The molecule has 0 aliphatic heterocycles. The van der Waals surface area contributed by atoms with E-state index in [0.29, 0.717) is 17.7 Å². The Morgan fingerprint density at radius 3 is 2.28 bits per heavy atom. The molecule has 18 heavy (non-hydrogen) atoms. The van der Waals surface area contributed by atoms with Crippen molar-refractivity contribution in [3.8, 4) is 0 Å². The lowest BCUT2D eigenvalue weighted by Crippen LogP contribution is -2.46. The first-order chi connectivity index (χ1) is 8.31. The van der Waals surface area contributed by atoms with Crippen molar-refractivity contribution in [3.63, 3.8) is 0 Å². The number of hydrogen-bond acceptors (Lipinski definition) is 2. The molecular weight excluding hydrogens is 224 g/mol. The van der Waals surface area contributed by atoms with Crippen LogP contribution in [0, 0.1) is 17.8 Å². The van der Waals surface area contributed by atoms with Gasteiger partial charge < -0.3 is 10.6 Å². The predicted octanol–water partition coefficient (Wildman–Crippen LogP) is 2.64. The van der Waals surface area contributed by atoms with Crippen LogP contribution in [0.15, 0.2) is 0 Å². The molecule has 1 amide bonds. The van der Waals surface area contributed by atoms with E-state index in [2.05, 4.69) is 34.6 Å². The van der Waals surface area contributed by atoms with Gasteiger partial charge in [-0.25, -0.2) is 0 Å². The van der Waals surface area contributed by atoms with Gasteiger partial charge in [0, 0.05) is 24.5 Å². The zero-order valence-electron chi connectivity index (χ0n) is 12.6. The average molecular weight is 254 g/mol. The van der Waals surface area contributed by atoms with Gasteiger partial charge in [-0.15, -0.1) is 0 Å². The van der Waals surface area contributed by atoms with Crippen LogP contribution in [-0.2, 0) is 4.79 Å². The summed E-state index contributed by atoms with van der Waals surface area (Å²) in [6.45, 7) is 11.6. The van der Waals surface area contributed by atoms with Gasteiger partial charge in [0.1, 0.15) is 0 Å². The third-order valence-corrected chi connectivity index (χ3v) is 3.80. The molecule has 0 aromatic rings. The van der Waals surface area contributed by atoms with E-state index in [4.69, 9.17) is 5.73 Å². The first-order valence-electron chi connectivity index (χ1n) is 7.37. The largest absolute Gasteiger partial charge is 0.340 e. The second-order valence-electron chi connectivity index (χ2n) is 6.75. The summed E-state index contributed by atoms with van der Waals surface area (Å²) in [6.07, 6.45) is 2.94. The summed E-state index contributed by atoms with van der Waals surface area (Å²) < 4.78 is 0. The molecule has 3 heteroatoms. The topological polar surface area (TPSA) is 46.3 Å². The van der Waals surface area contributed by atoms with E-state index >= 15 is 0 Å². The summed E-state index contributed by atoms with van der Waals surface area (Å²) in [5.74, 6) is 1.56. The van der Waals surface area contributed by atoms with E-state index in [0.717, 1.165) is 25.8 Å². The number of amides is 1. The molecule has 0 heterocycles. The van der Waals surface area contributed by atoms with Crippen LogP contribution in [0.3, 0.4) is 0 Å². The molecular formula is C15H30N2O. The Bertz CT molecular complexity index is 266. The smallest absolute Gasteiger partial charge is 0.225 e. The predicted molar refractivity (Wildman–Crippen MR) is 76.2 cm³/mol. The van der Waals surface area contributed by atoms with E-state index in [-0.39, 0.29) is 18.0 Å². The van der Waals surface area contributed by atoms with E-state index in [1.165, 1.54) is 0 Å². The number of carbonyl (C=O) groups excluding carboxylic acids is 1. The van der Waals surface area contributed by atoms with Crippen molar-refractivity contribution in [2.24, 2.45) is 23.5 Å². The zero-order valence-corrected chi connectivity index (χ0v) is 12.6. The number of nitrogens with zero attached hydrogens (tertiary/aromatic N) is 1. The Labute approximate surface area is 112 Å². The maximum Gasteiger partial charge on any atom is 0.225 e. The molecule has 1 aliphatic carbocycles. The fraction of sp³-hybridized carbons (Fsp3) is 0.933. The fourth-order valence-electron chi connectivity index (χ4n) is 3.04. The van der Waals surface area contributed by atoms with Gasteiger partial charge in [-0.3, -0.25) is 4.79 Å². The summed E-state index contributed by atoms with van der Waals surface area (Å²) in [5.41, 5.74) is 6.06. The normalized spacial score (nSPS) is 28.8. The molecule has 106 valence electrons. The number of nitrogens with two attached hydrogens (primary N) is 1. The van der Waals surface area contributed by atoms with Crippen molar-refractivity contribution < 1.29 is 4.79 Å². The molecule has 2 N–H and O–H groups in total. The van der Waals surface area contributed by atoms with Crippen molar-refractivity contribution in [1.82, 2.24) is 4.90 Å². The van der Waals surface area contributed by atoms with Crippen molar-refractivity contribution in [3.05, 3.63) is 0 Å². The summed E-state index contributed by atoms with van der Waals surface area (Å²) in [4.78, 5) is 14.7. The molecule has 1 fully saturated rings. The van der Waals surface area contributed by atoms with E-state index in [1.807, 2.05) is 4.90 Å². The number of hydrogen-bond donors (Lipinski definition) is 1. The molecule has 3 nitrogen and oxygen atoms in total. The van der Waals surface area contributed by atoms with Crippen LogP contribution in [0.4, 0.5) is 0 Å². The SMILES string of the molecule is CC(C)CN(C(=O)C1CC(C)CC(N)C1)C(C)C. The van der Waals surface area contributed by atoms with Gasteiger partial charge in [0.05, 0.1) is 0 Å². The highest BCUT2D eigenvalue weighted by Crippen LogP contribution is 2.30. The van der Waals surface area contributed by atoms with Gasteiger partial charge in [-0.05, 0) is 44.9 Å². The Hall–Kier alpha value is -0.570. The minimum absolute atomic E-state index is 0.143. The Morgan fingerprint density at radius 1 is 1.22 bits per heavy atom. The molecule has 0 radical (unpaired) electrons. The molecule has 0 saturated heterocycles. The standard InChI is InChI=1S/C15H30N2O/c1-10(2)9-17(11(3)4)15(18)13-6-12(5)7-14(16)8-13/h10-14H,6-9,16H2,1-5H3. The van der Waals surface area contributed by atoms with Crippen LogP contribution < -0.4 is 5.73 Å². The minimum Gasteiger partial charge on any atom is -0.340 e. The third-order valence-electron chi connectivity index (χ3n) is 3.80. The van der Waals surface area contributed by atoms with Crippen LogP contribution in [0.2, 0.25) is 0 Å². The summed E-state index contributed by atoms with van der Waals surface area (Å²) in [5, 5.41) is 0. The monoisotopic (exact) mass is 254 g/mol. The molecule has 1 saturated carbocycles. The van der Waals surface area contributed by atoms with Crippen molar-refractivity contribution in [2.45, 2.75) is 66.0 Å². The Kier molecular flexibility index (Phi) is 5.64. The second kappa shape index (κ2) is 6.55. The van der Waals surface area contributed by atoms with Gasteiger partial charge in [0.2, 0.25) is 5.91 Å². The van der Waals surface area contributed by atoms with Crippen LogP contribution in [-0.4, -0.2) is 29.4 Å². The maximum absolute atomic E-state index is 12.6.